The lowest BCUT2D eigenvalue weighted by atomic mass is 10.2. The molecule has 4 rings (SSSR count). The predicted octanol–water partition coefficient (Wildman–Crippen LogP) is 4.13. The first-order valence-corrected chi connectivity index (χ1v) is 8.41. The number of anilines is 2. The minimum Gasteiger partial charge on any atom is -0.472 e. The van der Waals surface area contributed by atoms with Crippen molar-refractivity contribution in [3.8, 4) is 5.75 Å². The molecular weight excluding hydrogens is 334 g/mol. The number of benzene rings is 2. The molecule has 0 fully saturated rings. The Labute approximate surface area is 151 Å². The standard InChI is InChI=1S/C19H17N3O2S/c1-14-11-18(20-24-14)21-12-15-7-5-6-10-17(15)23-13-22(19(21)25)16-8-3-2-4-9-16/h2-11H,12-13H2,1H3. The van der Waals surface area contributed by atoms with Gasteiger partial charge in [0.15, 0.2) is 17.7 Å². The van der Waals surface area contributed by atoms with E-state index >= 15 is 0 Å². The van der Waals surface area contributed by atoms with E-state index < -0.39 is 0 Å². The van der Waals surface area contributed by atoms with Gasteiger partial charge in [-0.25, -0.2) is 0 Å². The van der Waals surface area contributed by atoms with Crippen molar-refractivity contribution in [3.63, 3.8) is 0 Å². The van der Waals surface area contributed by atoms with Crippen LogP contribution in [0.15, 0.2) is 65.2 Å². The van der Waals surface area contributed by atoms with Crippen LogP contribution in [-0.2, 0) is 6.54 Å². The zero-order valence-electron chi connectivity index (χ0n) is 13.8. The SMILES string of the molecule is Cc1cc(N2Cc3ccccc3OCN(c3ccccc3)C2=S)no1. The van der Waals surface area contributed by atoms with Crippen molar-refractivity contribution in [1.29, 1.82) is 0 Å². The molecule has 0 radical (unpaired) electrons. The number of rotatable bonds is 2. The Morgan fingerprint density at radius 2 is 1.76 bits per heavy atom. The van der Waals surface area contributed by atoms with E-state index in [1.54, 1.807) is 0 Å². The lowest BCUT2D eigenvalue weighted by Crippen LogP contribution is -2.46. The maximum Gasteiger partial charge on any atom is 0.184 e. The van der Waals surface area contributed by atoms with Crippen LogP contribution >= 0.6 is 12.2 Å². The van der Waals surface area contributed by atoms with E-state index in [0.29, 0.717) is 24.2 Å². The molecule has 0 aliphatic carbocycles. The molecule has 0 bridgehead atoms. The zero-order valence-corrected chi connectivity index (χ0v) is 14.6. The second-order valence-corrected chi connectivity index (χ2v) is 6.17. The molecule has 0 amide bonds. The van der Waals surface area contributed by atoms with Gasteiger partial charge in [0, 0.05) is 17.3 Å². The number of fused-ring (bicyclic) bond motifs is 1. The number of hydrogen-bond donors (Lipinski definition) is 0. The fourth-order valence-corrected chi connectivity index (χ4v) is 3.12. The van der Waals surface area contributed by atoms with Crippen LogP contribution in [0.25, 0.3) is 0 Å². The Morgan fingerprint density at radius 1 is 1.00 bits per heavy atom. The van der Waals surface area contributed by atoms with Crippen molar-refractivity contribution >= 4 is 28.8 Å². The summed E-state index contributed by atoms with van der Waals surface area (Å²) in [6, 6.07) is 19.8. The summed E-state index contributed by atoms with van der Waals surface area (Å²) >= 11 is 5.79. The van der Waals surface area contributed by atoms with Crippen LogP contribution in [0.1, 0.15) is 11.3 Å². The second kappa shape index (κ2) is 6.57. The topological polar surface area (TPSA) is 41.7 Å². The fraction of sp³-hybridized carbons (Fsp3) is 0.158. The van der Waals surface area contributed by atoms with E-state index in [0.717, 1.165) is 22.8 Å². The molecule has 126 valence electrons. The Bertz CT molecular complexity index is 894. The van der Waals surface area contributed by atoms with Gasteiger partial charge in [-0.1, -0.05) is 41.6 Å². The second-order valence-electron chi connectivity index (χ2n) is 5.81. The summed E-state index contributed by atoms with van der Waals surface area (Å²) in [7, 11) is 0. The van der Waals surface area contributed by atoms with Gasteiger partial charge in [-0.15, -0.1) is 0 Å². The maximum absolute atomic E-state index is 6.02. The van der Waals surface area contributed by atoms with Crippen molar-refractivity contribution in [2.75, 3.05) is 16.5 Å². The summed E-state index contributed by atoms with van der Waals surface area (Å²) in [5, 5.41) is 4.78. The molecule has 0 unspecified atom stereocenters. The van der Waals surface area contributed by atoms with E-state index in [1.165, 1.54) is 0 Å². The third-order valence-corrected chi connectivity index (χ3v) is 4.51. The van der Waals surface area contributed by atoms with E-state index in [4.69, 9.17) is 21.5 Å². The molecule has 0 saturated heterocycles. The number of hydrogen-bond acceptors (Lipinski definition) is 4. The van der Waals surface area contributed by atoms with Crippen molar-refractivity contribution < 1.29 is 9.26 Å². The molecule has 0 N–H and O–H groups in total. The predicted molar refractivity (Wildman–Crippen MR) is 101 cm³/mol. The smallest absolute Gasteiger partial charge is 0.184 e. The molecule has 0 saturated carbocycles. The third kappa shape index (κ3) is 3.08. The number of ether oxygens (including phenoxy) is 1. The van der Waals surface area contributed by atoms with Crippen LogP contribution in [-0.4, -0.2) is 17.0 Å². The highest BCUT2D eigenvalue weighted by Crippen LogP contribution is 2.28. The molecule has 2 heterocycles. The summed E-state index contributed by atoms with van der Waals surface area (Å²) < 4.78 is 11.3. The summed E-state index contributed by atoms with van der Waals surface area (Å²) in [6.45, 7) is 2.76. The summed E-state index contributed by atoms with van der Waals surface area (Å²) in [6.07, 6.45) is 0. The monoisotopic (exact) mass is 351 g/mol. The van der Waals surface area contributed by atoms with Gasteiger partial charge in [-0.2, -0.15) is 0 Å². The van der Waals surface area contributed by atoms with Gasteiger partial charge >= 0.3 is 0 Å². The van der Waals surface area contributed by atoms with Crippen molar-refractivity contribution in [2.45, 2.75) is 13.5 Å². The number of thiocarbonyl (C=S) groups is 1. The molecular formula is C19H17N3O2S. The van der Waals surface area contributed by atoms with Gasteiger partial charge in [0.2, 0.25) is 0 Å². The fourth-order valence-electron chi connectivity index (χ4n) is 2.80. The average molecular weight is 351 g/mol. The normalized spacial score (nSPS) is 14.5. The molecule has 25 heavy (non-hydrogen) atoms. The van der Waals surface area contributed by atoms with Crippen LogP contribution in [0.2, 0.25) is 0 Å². The first kappa shape index (κ1) is 15.7. The minimum atomic E-state index is 0.327. The minimum absolute atomic E-state index is 0.327. The Kier molecular flexibility index (Phi) is 4.11. The molecule has 2 aromatic carbocycles. The number of para-hydroxylation sites is 2. The van der Waals surface area contributed by atoms with E-state index in [-0.39, 0.29) is 0 Å². The lowest BCUT2D eigenvalue weighted by Gasteiger charge is -2.34. The largest absolute Gasteiger partial charge is 0.472 e. The first-order valence-electron chi connectivity index (χ1n) is 8.00. The van der Waals surface area contributed by atoms with Gasteiger partial charge in [-0.3, -0.25) is 9.80 Å². The van der Waals surface area contributed by atoms with Crippen LogP contribution in [0.5, 0.6) is 5.75 Å². The zero-order chi connectivity index (χ0) is 17.2. The highest BCUT2D eigenvalue weighted by atomic mass is 32.1. The molecule has 0 atom stereocenters. The lowest BCUT2D eigenvalue weighted by molar-refractivity contribution is 0.323. The summed E-state index contributed by atoms with van der Waals surface area (Å²) in [5.74, 6) is 2.28. The van der Waals surface area contributed by atoms with Crippen LogP contribution in [0, 0.1) is 6.92 Å². The number of aryl methyl sites for hydroxylation is 1. The Hall–Kier alpha value is -2.86. The van der Waals surface area contributed by atoms with Crippen LogP contribution in [0.3, 0.4) is 0 Å². The number of nitrogens with zero attached hydrogens (tertiary/aromatic N) is 3. The summed E-state index contributed by atoms with van der Waals surface area (Å²) in [5.41, 5.74) is 2.02. The van der Waals surface area contributed by atoms with E-state index in [2.05, 4.69) is 5.16 Å². The average Bonchev–Trinajstić information content (AvgIpc) is 3.06. The maximum atomic E-state index is 6.02. The van der Waals surface area contributed by atoms with Gasteiger partial charge in [0.25, 0.3) is 0 Å². The highest BCUT2D eigenvalue weighted by Gasteiger charge is 2.26. The van der Waals surface area contributed by atoms with Gasteiger partial charge in [0.1, 0.15) is 11.5 Å². The molecule has 1 aliphatic rings. The Balaban J connectivity index is 1.78. The van der Waals surface area contributed by atoms with Crippen LogP contribution < -0.4 is 14.5 Å². The Morgan fingerprint density at radius 3 is 2.52 bits per heavy atom. The summed E-state index contributed by atoms with van der Waals surface area (Å²) in [4.78, 5) is 3.93. The van der Waals surface area contributed by atoms with Crippen molar-refractivity contribution in [1.82, 2.24) is 5.16 Å². The van der Waals surface area contributed by atoms with Crippen LogP contribution in [0.4, 0.5) is 11.5 Å². The van der Waals surface area contributed by atoms with Gasteiger partial charge in [-0.05, 0) is 37.3 Å². The molecule has 3 aromatic rings. The molecule has 6 heteroatoms. The first-order chi connectivity index (χ1) is 12.2. The quantitative estimate of drug-likeness (QED) is 0.647. The van der Waals surface area contributed by atoms with Gasteiger partial charge < -0.3 is 9.26 Å². The molecule has 1 aromatic heterocycles. The molecule has 0 spiro atoms. The highest BCUT2D eigenvalue weighted by molar-refractivity contribution is 7.80. The molecule has 5 nitrogen and oxygen atoms in total. The van der Waals surface area contributed by atoms with E-state index in [9.17, 15) is 0 Å². The number of aromatic nitrogens is 1. The van der Waals surface area contributed by atoms with Gasteiger partial charge in [0.05, 0.1) is 6.54 Å². The van der Waals surface area contributed by atoms with E-state index in [1.807, 2.05) is 77.4 Å². The van der Waals surface area contributed by atoms with Crippen molar-refractivity contribution in [2.24, 2.45) is 0 Å². The molecule has 1 aliphatic heterocycles. The third-order valence-electron chi connectivity index (χ3n) is 4.07. The van der Waals surface area contributed by atoms with Crippen molar-refractivity contribution in [3.05, 3.63) is 72.0 Å².